The van der Waals surface area contributed by atoms with Crippen LogP contribution in [0.15, 0.2) is 18.2 Å². The van der Waals surface area contributed by atoms with Gasteiger partial charge in [0.25, 0.3) is 0 Å². The molecule has 1 aromatic carbocycles. The summed E-state index contributed by atoms with van der Waals surface area (Å²) < 4.78 is 28.8. The van der Waals surface area contributed by atoms with Crippen LogP contribution < -0.4 is 0 Å². The number of hydrogen-bond donors (Lipinski definition) is 0. The molecule has 0 spiro atoms. The van der Waals surface area contributed by atoms with E-state index in [2.05, 4.69) is 0 Å². The second-order valence-corrected chi connectivity index (χ2v) is 8.12. The molecule has 0 aromatic heterocycles. The summed E-state index contributed by atoms with van der Waals surface area (Å²) in [5, 5.41) is -0.346. The third-order valence-electron chi connectivity index (χ3n) is 3.92. The van der Waals surface area contributed by atoms with Crippen molar-refractivity contribution in [2.75, 3.05) is 12.9 Å². The van der Waals surface area contributed by atoms with E-state index in [-0.39, 0.29) is 22.9 Å². The molecule has 1 aliphatic rings. The van der Waals surface area contributed by atoms with E-state index in [0.717, 1.165) is 24.0 Å². The first-order chi connectivity index (χ1) is 9.35. The van der Waals surface area contributed by atoms with Gasteiger partial charge < -0.3 is 4.74 Å². The molecule has 0 amide bonds. The van der Waals surface area contributed by atoms with Gasteiger partial charge in [0.05, 0.1) is 23.7 Å². The van der Waals surface area contributed by atoms with Crippen LogP contribution in [0.2, 0.25) is 0 Å². The maximum Gasteiger partial charge on any atom is 0.337 e. The number of esters is 1. The lowest BCUT2D eigenvalue weighted by atomic mass is 10.0. The van der Waals surface area contributed by atoms with Crippen LogP contribution in [0.1, 0.15) is 47.7 Å². The number of aryl methyl sites for hydroxylation is 1. The number of sulfone groups is 1. The number of rotatable bonds is 4. The molecule has 5 heteroatoms. The van der Waals surface area contributed by atoms with Crippen LogP contribution in [-0.4, -0.2) is 32.5 Å². The molecular formula is C15H20O4S. The second-order valence-electron chi connectivity index (χ2n) is 5.52. The van der Waals surface area contributed by atoms with Gasteiger partial charge >= 0.3 is 5.97 Å². The molecule has 0 bridgehead atoms. The molecular weight excluding hydrogens is 276 g/mol. The molecule has 0 N–H and O–H groups in total. The molecule has 1 aromatic rings. The highest BCUT2D eigenvalue weighted by Crippen LogP contribution is 2.35. The SMILES string of the molecule is COC(=O)c1ccc2c(c1)CCC2CS(=O)(=O)C(C)C. The molecule has 20 heavy (non-hydrogen) atoms. The Kier molecular flexibility index (Phi) is 4.18. The van der Waals surface area contributed by atoms with Crippen LogP contribution in [0.3, 0.4) is 0 Å². The summed E-state index contributed by atoms with van der Waals surface area (Å²) in [5.74, 6) is -0.120. The topological polar surface area (TPSA) is 60.4 Å². The van der Waals surface area contributed by atoms with Crippen LogP contribution >= 0.6 is 0 Å². The van der Waals surface area contributed by atoms with Gasteiger partial charge in [0, 0.05) is 0 Å². The summed E-state index contributed by atoms with van der Waals surface area (Å²) in [6.07, 6.45) is 1.64. The number of hydrogen-bond acceptors (Lipinski definition) is 4. The number of fused-ring (bicyclic) bond motifs is 1. The van der Waals surface area contributed by atoms with Crippen LogP contribution in [0.5, 0.6) is 0 Å². The minimum atomic E-state index is -3.05. The van der Waals surface area contributed by atoms with Crippen molar-refractivity contribution in [3.63, 3.8) is 0 Å². The highest BCUT2D eigenvalue weighted by atomic mass is 32.2. The summed E-state index contributed by atoms with van der Waals surface area (Å²) in [6, 6.07) is 5.41. The molecule has 1 unspecified atom stereocenters. The van der Waals surface area contributed by atoms with Gasteiger partial charge in [-0.25, -0.2) is 13.2 Å². The molecule has 0 fully saturated rings. The van der Waals surface area contributed by atoms with Crippen LogP contribution in [0.4, 0.5) is 0 Å². The fourth-order valence-corrected chi connectivity index (χ4v) is 3.89. The van der Waals surface area contributed by atoms with Gasteiger partial charge in [-0.15, -0.1) is 0 Å². The number of benzene rings is 1. The number of carbonyl (C=O) groups is 1. The molecule has 0 saturated heterocycles. The van der Waals surface area contributed by atoms with E-state index >= 15 is 0 Å². The molecule has 0 saturated carbocycles. The van der Waals surface area contributed by atoms with Crippen molar-refractivity contribution in [1.82, 2.24) is 0 Å². The predicted molar refractivity (Wildman–Crippen MR) is 77.8 cm³/mol. The average molecular weight is 296 g/mol. The van der Waals surface area contributed by atoms with Crippen molar-refractivity contribution in [3.8, 4) is 0 Å². The maximum absolute atomic E-state index is 12.0. The summed E-state index contributed by atoms with van der Waals surface area (Å²) in [7, 11) is -1.69. The Bertz CT molecular complexity index is 617. The highest BCUT2D eigenvalue weighted by molar-refractivity contribution is 7.92. The second kappa shape index (κ2) is 5.56. The lowest BCUT2D eigenvalue weighted by Crippen LogP contribution is -2.21. The van der Waals surface area contributed by atoms with Crippen molar-refractivity contribution in [2.45, 2.75) is 37.9 Å². The molecule has 4 nitrogen and oxygen atoms in total. The van der Waals surface area contributed by atoms with Gasteiger partial charge in [-0.3, -0.25) is 0 Å². The maximum atomic E-state index is 12.0. The van der Waals surface area contributed by atoms with E-state index in [9.17, 15) is 13.2 Å². The lowest BCUT2D eigenvalue weighted by molar-refractivity contribution is 0.0600. The average Bonchev–Trinajstić information content (AvgIpc) is 2.79. The van der Waals surface area contributed by atoms with E-state index in [0.29, 0.717) is 5.56 Å². The molecule has 0 heterocycles. The van der Waals surface area contributed by atoms with E-state index in [1.165, 1.54) is 7.11 Å². The van der Waals surface area contributed by atoms with Crippen LogP contribution in [0.25, 0.3) is 0 Å². The molecule has 0 radical (unpaired) electrons. The van der Waals surface area contributed by atoms with Crippen molar-refractivity contribution in [3.05, 3.63) is 34.9 Å². The summed E-state index contributed by atoms with van der Waals surface area (Å²) in [6.45, 7) is 3.43. The fraction of sp³-hybridized carbons (Fsp3) is 0.533. The lowest BCUT2D eigenvalue weighted by Gasteiger charge is -2.14. The summed E-state index contributed by atoms with van der Waals surface area (Å²) >= 11 is 0. The third kappa shape index (κ3) is 2.87. The molecule has 0 aliphatic heterocycles. The van der Waals surface area contributed by atoms with E-state index < -0.39 is 9.84 Å². The van der Waals surface area contributed by atoms with Gasteiger partial charge in [0.2, 0.25) is 0 Å². The first-order valence-corrected chi connectivity index (χ1v) is 8.49. The summed E-state index contributed by atoms with van der Waals surface area (Å²) in [5.41, 5.74) is 2.65. The smallest absolute Gasteiger partial charge is 0.337 e. The standard InChI is InChI=1S/C15H20O4S/c1-10(2)20(17,18)9-13-5-4-11-8-12(15(16)19-3)6-7-14(11)13/h6-8,10,13H,4-5,9H2,1-3H3. The fourth-order valence-electron chi connectivity index (χ4n) is 2.60. The zero-order chi connectivity index (χ0) is 14.9. The Balaban J connectivity index is 2.24. The Labute approximate surface area is 120 Å². The van der Waals surface area contributed by atoms with E-state index in [1.54, 1.807) is 19.9 Å². The van der Waals surface area contributed by atoms with Gasteiger partial charge in [-0.1, -0.05) is 6.07 Å². The number of methoxy groups -OCH3 is 1. The highest BCUT2D eigenvalue weighted by Gasteiger charge is 2.29. The Morgan fingerprint density at radius 1 is 1.40 bits per heavy atom. The molecule has 2 rings (SSSR count). The van der Waals surface area contributed by atoms with E-state index in [4.69, 9.17) is 4.74 Å². The van der Waals surface area contributed by atoms with Crippen LogP contribution in [0, 0.1) is 0 Å². The van der Waals surface area contributed by atoms with Crippen molar-refractivity contribution in [2.24, 2.45) is 0 Å². The largest absolute Gasteiger partial charge is 0.465 e. The van der Waals surface area contributed by atoms with Gasteiger partial charge in [-0.2, -0.15) is 0 Å². The van der Waals surface area contributed by atoms with Crippen molar-refractivity contribution < 1.29 is 17.9 Å². The quantitative estimate of drug-likeness (QED) is 0.800. The number of ether oxygens (including phenoxy) is 1. The Morgan fingerprint density at radius 2 is 2.10 bits per heavy atom. The van der Waals surface area contributed by atoms with Crippen molar-refractivity contribution in [1.29, 1.82) is 0 Å². The normalized spacial score (nSPS) is 18.1. The van der Waals surface area contributed by atoms with E-state index in [1.807, 2.05) is 12.1 Å². The Morgan fingerprint density at radius 3 is 2.70 bits per heavy atom. The first kappa shape index (κ1) is 15.0. The zero-order valence-corrected chi connectivity index (χ0v) is 12.9. The molecule has 1 aliphatic carbocycles. The minimum Gasteiger partial charge on any atom is -0.465 e. The number of carbonyl (C=O) groups excluding carboxylic acids is 1. The van der Waals surface area contributed by atoms with Gasteiger partial charge in [0.15, 0.2) is 9.84 Å². The predicted octanol–water partition coefficient (Wildman–Crippen LogP) is 2.33. The van der Waals surface area contributed by atoms with Crippen molar-refractivity contribution >= 4 is 15.8 Å². The Hall–Kier alpha value is -1.36. The monoisotopic (exact) mass is 296 g/mol. The zero-order valence-electron chi connectivity index (χ0n) is 12.0. The van der Waals surface area contributed by atoms with Gasteiger partial charge in [0.1, 0.15) is 0 Å². The summed E-state index contributed by atoms with van der Waals surface area (Å²) in [4.78, 5) is 11.5. The first-order valence-electron chi connectivity index (χ1n) is 6.78. The minimum absolute atomic E-state index is 0.0455. The third-order valence-corrected chi connectivity index (χ3v) is 6.22. The van der Waals surface area contributed by atoms with Crippen LogP contribution in [-0.2, 0) is 21.0 Å². The molecule has 110 valence electrons. The molecule has 1 atom stereocenters. The van der Waals surface area contributed by atoms with Gasteiger partial charge in [-0.05, 0) is 55.9 Å².